The predicted molar refractivity (Wildman–Crippen MR) is 117 cm³/mol. The highest BCUT2D eigenvalue weighted by atomic mass is 35.5. The van der Waals surface area contributed by atoms with E-state index in [9.17, 15) is 4.79 Å². The van der Waals surface area contributed by atoms with E-state index in [1.807, 2.05) is 83.6 Å². The minimum Gasteiger partial charge on any atom is -0.338 e. The standard InChI is InChI=1S/C23H17ClN4O/c24-16-10-9-15-11-12-28(21(15)13-16)14-22(29)25-18-6-2-1-5-17(18)23-26-19-7-3-4-8-20(19)27-23/h1-13H,14H2,(H,25,29)(H,26,27). The average Bonchev–Trinajstić information content (AvgIpc) is 3.32. The molecule has 2 aromatic heterocycles. The number of nitrogens with zero attached hydrogens (tertiary/aromatic N) is 2. The van der Waals surface area contributed by atoms with Crippen LogP contribution in [-0.4, -0.2) is 20.4 Å². The molecular formula is C23H17ClN4O. The van der Waals surface area contributed by atoms with Crippen LogP contribution in [0, 0.1) is 0 Å². The van der Waals surface area contributed by atoms with Crippen molar-refractivity contribution in [1.82, 2.24) is 14.5 Å². The third kappa shape index (κ3) is 3.37. The lowest BCUT2D eigenvalue weighted by Gasteiger charge is -2.11. The summed E-state index contributed by atoms with van der Waals surface area (Å²) in [6.45, 7) is 0.193. The summed E-state index contributed by atoms with van der Waals surface area (Å²) in [5.41, 5.74) is 4.33. The van der Waals surface area contributed by atoms with Crippen LogP contribution in [0.3, 0.4) is 0 Å². The van der Waals surface area contributed by atoms with Gasteiger partial charge in [-0.2, -0.15) is 0 Å². The normalized spacial score (nSPS) is 11.2. The van der Waals surface area contributed by atoms with Gasteiger partial charge in [-0.1, -0.05) is 41.9 Å². The van der Waals surface area contributed by atoms with Gasteiger partial charge in [0.1, 0.15) is 12.4 Å². The van der Waals surface area contributed by atoms with Gasteiger partial charge in [-0.25, -0.2) is 4.98 Å². The summed E-state index contributed by atoms with van der Waals surface area (Å²) >= 11 is 6.11. The smallest absolute Gasteiger partial charge is 0.244 e. The summed E-state index contributed by atoms with van der Waals surface area (Å²) in [5.74, 6) is 0.603. The second-order valence-electron chi connectivity index (χ2n) is 6.84. The second kappa shape index (κ2) is 7.11. The molecule has 0 aliphatic carbocycles. The molecule has 5 nitrogen and oxygen atoms in total. The van der Waals surface area contributed by atoms with Gasteiger partial charge in [-0.15, -0.1) is 0 Å². The molecule has 0 unspecified atom stereocenters. The molecule has 0 saturated heterocycles. The molecule has 2 N–H and O–H groups in total. The Morgan fingerprint density at radius 1 is 1.03 bits per heavy atom. The first kappa shape index (κ1) is 17.5. The van der Waals surface area contributed by atoms with E-state index in [0.717, 1.165) is 33.3 Å². The molecule has 5 aromatic rings. The van der Waals surface area contributed by atoms with Gasteiger partial charge >= 0.3 is 0 Å². The minimum atomic E-state index is -0.119. The van der Waals surface area contributed by atoms with Crippen LogP contribution in [0.25, 0.3) is 33.3 Å². The van der Waals surface area contributed by atoms with Crippen molar-refractivity contribution in [2.75, 3.05) is 5.32 Å². The summed E-state index contributed by atoms with van der Waals surface area (Å²) in [6, 6.07) is 23.1. The first-order valence-corrected chi connectivity index (χ1v) is 9.63. The Labute approximate surface area is 172 Å². The zero-order valence-electron chi connectivity index (χ0n) is 15.4. The maximum absolute atomic E-state index is 12.8. The van der Waals surface area contributed by atoms with Gasteiger partial charge in [0, 0.05) is 22.3 Å². The van der Waals surface area contributed by atoms with Crippen molar-refractivity contribution in [3.8, 4) is 11.4 Å². The van der Waals surface area contributed by atoms with Crippen molar-refractivity contribution in [1.29, 1.82) is 0 Å². The molecule has 3 aromatic carbocycles. The molecule has 142 valence electrons. The summed E-state index contributed by atoms with van der Waals surface area (Å²) in [5, 5.41) is 4.71. The molecule has 29 heavy (non-hydrogen) atoms. The molecule has 0 bridgehead atoms. The number of hydrogen-bond donors (Lipinski definition) is 2. The van der Waals surface area contributed by atoms with Gasteiger partial charge in [0.2, 0.25) is 5.91 Å². The largest absolute Gasteiger partial charge is 0.338 e. The van der Waals surface area contributed by atoms with Gasteiger partial charge in [0.25, 0.3) is 0 Å². The van der Waals surface area contributed by atoms with Gasteiger partial charge in [0.15, 0.2) is 0 Å². The number of aromatic nitrogens is 3. The van der Waals surface area contributed by atoms with Crippen LogP contribution in [0.5, 0.6) is 0 Å². The number of rotatable bonds is 4. The molecule has 0 aliphatic heterocycles. The predicted octanol–water partition coefficient (Wildman–Crippen LogP) is 5.48. The molecule has 5 rings (SSSR count). The van der Waals surface area contributed by atoms with Crippen LogP contribution >= 0.6 is 11.6 Å². The number of carbonyl (C=O) groups is 1. The van der Waals surface area contributed by atoms with E-state index in [-0.39, 0.29) is 12.5 Å². The molecule has 6 heteroatoms. The Balaban J connectivity index is 1.43. The number of nitrogens with one attached hydrogen (secondary N) is 2. The molecule has 0 radical (unpaired) electrons. The van der Waals surface area contributed by atoms with E-state index >= 15 is 0 Å². The number of fused-ring (bicyclic) bond motifs is 2. The number of carbonyl (C=O) groups excluding carboxylic acids is 1. The molecule has 0 spiro atoms. The van der Waals surface area contributed by atoms with Crippen LogP contribution in [0.1, 0.15) is 0 Å². The van der Waals surface area contributed by atoms with Crippen molar-refractivity contribution in [2.45, 2.75) is 6.54 Å². The summed E-state index contributed by atoms with van der Waals surface area (Å²) < 4.78 is 1.89. The Hall–Kier alpha value is -3.57. The summed E-state index contributed by atoms with van der Waals surface area (Å²) in [7, 11) is 0. The molecule has 0 fully saturated rings. The number of amides is 1. The van der Waals surface area contributed by atoms with Crippen molar-refractivity contribution in [3.63, 3.8) is 0 Å². The maximum Gasteiger partial charge on any atom is 0.244 e. The first-order valence-electron chi connectivity index (χ1n) is 9.26. The van der Waals surface area contributed by atoms with E-state index in [1.165, 1.54) is 0 Å². The number of H-pyrrole nitrogens is 1. The van der Waals surface area contributed by atoms with Crippen LogP contribution < -0.4 is 5.32 Å². The number of imidazole rings is 1. The SMILES string of the molecule is O=C(Cn1ccc2ccc(Cl)cc21)Nc1ccccc1-c1nc2ccccc2[nH]1. The highest BCUT2D eigenvalue weighted by Crippen LogP contribution is 2.28. The Kier molecular flexibility index (Phi) is 4.30. The van der Waals surface area contributed by atoms with E-state index < -0.39 is 0 Å². The van der Waals surface area contributed by atoms with Gasteiger partial charge in [-0.05, 0) is 47.9 Å². The lowest BCUT2D eigenvalue weighted by molar-refractivity contribution is -0.116. The second-order valence-corrected chi connectivity index (χ2v) is 7.28. The Bertz CT molecular complexity index is 1320. The van der Waals surface area contributed by atoms with Gasteiger partial charge in [-0.3, -0.25) is 4.79 Å². The average molecular weight is 401 g/mol. The van der Waals surface area contributed by atoms with Crippen LogP contribution in [0.2, 0.25) is 5.02 Å². The lowest BCUT2D eigenvalue weighted by atomic mass is 10.1. The lowest BCUT2D eigenvalue weighted by Crippen LogP contribution is -2.18. The van der Waals surface area contributed by atoms with Crippen molar-refractivity contribution < 1.29 is 4.79 Å². The minimum absolute atomic E-state index is 0.119. The number of para-hydroxylation sites is 3. The number of benzene rings is 3. The van der Waals surface area contributed by atoms with Crippen molar-refractivity contribution in [3.05, 3.63) is 84.0 Å². The monoisotopic (exact) mass is 400 g/mol. The maximum atomic E-state index is 12.8. The topological polar surface area (TPSA) is 62.7 Å². The molecule has 2 heterocycles. The number of halogens is 1. The van der Waals surface area contributed by atoms with E-state index in [0.29, 0.717) is 10.7 Å². The fourth-order valence-corrected chi connectivity index (χ4v) is 3.68. The Morgan fingerprint density at radius 2 is 1.86 bits per heavy atom. The number of anilines is 1. The van der Waals surface area contributed by atoms with Crippen molar-refractivity contribution in [2.24, 2.45) is 0 Å². The van der Waals surface area contributed by atoms with E-state index in [2.05, 4.69) is 15.3 Å². The van der Waals surface area contributed by atoms with Crippen LogP contribution in [-0.2, 0) is 11.3 Å². The highest BCUT2D eigenvalue weighted by molar-refractivity contribution is 6.31. The number of aromatic amines is 1. The fraction of sp³-hybridized carbons (Fsp3) is 0.0435. The molecular weight excluding hydrogens is 384 g/mol. The molecule has 0 atom stereocenters. The number of hydrogen-bond acceptors (Lipinski definition) is 2. The summed E-state index contributed by atoms with van der Waals surface area (Å²) in [6.07, 6.45) is 1.89. The van der Waals surface area contributed by atoms with Crippen LogP contribution in [0.4, 0.5) is 5.69 Å². The Morgan fingerprint density at radius 3 is 2.76 bits per heavy atom. The molecule has 1 amide bonds. The molecule has 0 aliphatic rings. The quantitative estimate of drug-likeness (QED) is 0.419. The third-order valence-electron chi connectivity index (χ3n) is 4.90. The van der Waals surface area contributed by atoms with E-state index in [1.54, 1.807) is 0 Å². The van der Waals surface area contributed by atoms with Crippen LogP contribution in [0.15, 0.2) is 79.0 Å². The fourth-order valence-electron chi connectivity index (χ4n) is 3.52. The summed E-state index contributed by atoms with van der Waals surface area (Å²) in [4.78, 5) is 20.7. The van der Waals surface area contributed by atoms with E-state index in [4.69, 9.17) is 11.6 Å². The molecule has 0 saturated carbocycles. The third-order valence-corrected chi connectivity index (χ3v) is 5.13. The van der Waals surface area contributed by atoms with Gasteiger partial charge in [0.05, 0.1) is 16.7 Å². The first-order chi connectivity index (χ1) is 14.2. The van der Waals surface area contributed by atoms with Crippen molar-refractivity contribution >= 4 is 45.1 Å². The van der Waals surface area contributed by atoms with Gasteiger partial charge < -0.3 is 14.9 Å². The zero-order valence-corrected chi connectivity index (χ0v) is 16.1. The zero-order chi connectivity index (χ0) is 19.8. The highest BCUT2D eigenvalue weighted by Gasteiger charge is 2.13.